The van der Waals surface area contributed by atoms with E-state index in [-0.39, 0.29) is 17.7 Å². The van der Waals surface area contributed by atoms with Gasteiger partial charge >= 0.3 is 5.97 Å². The second-order valence-electron chi connectivity index (χ2n) is 8.20. The number of benzene rings is 2. The van der Waals surface area contributed by atoms with Gasteiger partial charge in [0.15, 0.2) is 27.8 Å². The van der Waals surface area contributed by atoms with Crippen LogP contribution in [-0.4, -0.2) is 45.1 Å². The number of hydrogen-bond acceptors (Lipinski definition) is 9. The van der Waals surface area contributed by atoms with E-state index in [1.54, 1.807) is 59.5 Å². The molecule has 0 fully saturated rings. The topological polar surface area (TPSA) is 97.6 Å². The van der Waals surface area contributed by atoms with E-state index in [1.807, 2.05) is 25.1 Å². The second kappa shape index (κ2) is 11.6. The highest BCUT2D eigenvalue weighted by atomic mass is 32.1. The van der Waals surface area contributed by atoms with Gasteiger partial charge in [0.1, 0.15) is 6.04 Å². The van der Waals surface area contributed by atoms with Crippen LogP contribution in [0.25, 0.3) is 6.08 Å². The minimum Gasteiger partial charge on any atom is -0.493 e. The fourth-order valence-corrected chi connectivity index (χ4v) is 5.50. The van der Waals surface area contributed by atoms with Crippen molar-refractivity contribution < 1.29 is 28.5 Å². The summed E-state index contributed by atoms with van der Waals surface area (Å²) in [6.45, 7) is 5.87. The molecule has 1 aliphatic rings. The van der Waals surface area contributed by atoms with Gasteiger partial charge in [0.25, 0.3) is 5.56 Å². The molecule has 38 heavy (non-hydrogen) atoms. The van der Waals surface area contributed by atoms with E-state index < -0.39 is 12.0 Å². The molecule has 0 bridgehead atoms. The summed E-state index contributed by atoms with van der Waals surface area (Å²) >= 11 is 1.22. The number of nitrogens with zero attached hydrogens (tertiary/aromatic N) is 2. The van der Waals surface area contributed by atoms with Crippen molar-refractivity contribution in [2.24, 2.45) is 4.99 Å². The first kappa shape index (κ1) is 27.0. The SMILES string of the molecule is CCOC(=O)C1=C(C)N=c2s/c(=C/c3cccc(OC)c3OC)c(=O)n2[C@@H]1c1cccc(OC)c1OCC. The summed E-state index contributed by atoms with van der Waals surface area (Å²) in [6.07, 6.45) is 1.74. The molecule has 10 heteroatoms. The zero-order valence-electron chi connectivity index (χ0n) is 22.2. The first-order chi connectivity index (χ1) is 18.4. The number of carbonyl (C=O) groups excluding carboxylic acids is 1. The highest BCUT2D eigenvalue weighted by molar-refractivity contribution is 7.07. The Morgan fingerprint density at radius 2 is 1.68 bits per heavy atom. The van der Waals surface area contributed by atoms with Crippen LogP contribution in [0.5, 0.6) is 23.0 Å². The van der Waals surface area contributed by atoms with Crippen molar-refractivity contribution in [1.82, 2.24) is 4.57 Å². The number of ether oxygens (including phenoxy) is 5. The summed E-state index contributed by atoms with van der Waals surface area (Å²) in [4.78, 5) is 32.3. The fourth-order valence-electron chi connectivity index (χ4n) is 4.46. The second-order valence-corrected chi connectivity index (χ2v) is 9.21. The Kier molecular flexibility index (Phi) is 8.21. The summed E-state index contributed by atoms with van der Waals surface area (Å²) in [5.74, 6) is 1.44. The number of esters is 1. The Hall–Kier alpha value is -4.05. The minimum absolute atomic E-state index is 0.179. The van der Waals surface area contributed by atoms with Crippen molar-refractivity contribution in [1.29, 1.82) is 0 Å². The number of para-hydroxylation sites is 2. The van der Waals surface area contributed by atoms with E-state index in [4.69, 9.17) is 23.7 Å². The van der Waals surface area contributed by atoms with Crippen LogP contribution in [-0.2, 0) is 9.53 Å². The molecule has 0 saturated heterocycles. The van der Waals surface area contributed by atoms with Crippen LogP contribution in [0.4, 0.5) is 0 Å². The van der Waals surface area contributed by atoms with Gasteiger partial charge in [0.2, 0.25) is 0 Å². The van der Waals surface area contributed by atoms with Crippen molar-refractivity contribution >= 4 is 23.4 Å². The van der Waals surface area contributed by atoms with Crippen molar-refractivity contribution in [2.45, 2.75) is 26.8 Å². The maximum Gasteiger partial charge on any atom is 0.338 e. The van der Waals surface area contributed by atoms with E-state index in [0.29, 0.717) is 55.8 Å². The number of aromatic nitrogens is 1. The fraction of sp³-hybridized carbons (Fsp3) is 0.321. The van der Waals surface area contributed by atoms with Gasteiger partial charge < -0.3 is 23.7 Å². The quantitative estimate of drug-likeness (QED) is 0.386. The first-order valence-electron chi connectivity index (χ1n) is 12.1. The number of methoxy groups -OCH3 is 3. The van der Waals surface area contributed by atoms with Crippen molar-refractivity contribution in [3.8, 4) is 23.0 Å². The molecule has 0 saturated carbocycles. The molecule has 1 atom stereocenters. The molecule has 4 rings (SSSR count). The number of hydrogen-bond donors (Lipinski definition) is 0. The molecule has 2 heterocycles. The van der Waals surface area contributed by atoms with Crippen LogP contribution in [0.2, 0.25) is 0 Å². The standard InChI is InChI=1S/C28H30N2O7S/c1-7-36-25-18(12-10-14-20(25)34-5)23-22(27(32)37-8-2)16(3)29-28-30(23)26(31)21(38-28)15-17-11-9-13-19(33-4)24(17)35-6/h9-15,23H,7-8H2,1-6H3/b21-15+/t23-/m1/s1. The molecule has 3 aromatic rings. The number of allylic oxidation sites excluding steroid dienone is 1. The van der Waals surface area contributed by atoms with E-state index in [0.717, 1.165) is 0 Å². The summed E-state index contributed by atoms with van der Waals surface area (Å²) in [5, 5.41) is 0. The number of carbonyl (C=O) groups is 1. The predicted molar refractivity (Wildman–Crippen MR) is 144 cm³/mol. The third-order valence-corrected chi connectivity index (χ3v) is 7.03. The third kappa shape index (κ3) is 4.79. The molecular weight excluding hydrogens is 508 g/mol. The molecule has 0 radical (unpaired) electrons. The van der Waals surface area contributed by atoms with Crippen molar-refractivity contribution in [3.05, 3.63) is 78.5 Å². The number of rotatable bonds is 9. The molecule has 2 aromatic carbocycles. The summed E-state index contributed by atoms with van der Waals surface area (Å²) < 4.78 is 29.8. The molecule has 1 aromatic heterocycles. The zero-order valence-corrected chi connectivity index (χ0v) is 23.0. The zero-order chi connectivity index (χ0) is 27.4. The van der Waals surface area contributed by atoms with Crippen LogP contribution >= 0.6 is 11.3 Å². The molecule has 200 valence electrons. The normalized spacial score (nSPS) is 15.0. The summed E-state index contributed by atoms with van der Waals surface area (Å²) in [7, 11) is 4.64. The molecule has 0 unspecified atom stereocenters. The Morgan fingerprint density at radius 3 is 2.32 bits per heavy atom. The predicted octanol–water partition coefficient (Wildman–Crippen LogP) is 3.22. The monoisotopic (exact) mass is 538 g/mol. The first-order valence-corrected chi connectivity index (χ1v) is 12.9. The Morgan fingerprint density at radius 1 is 1.00 bits per heavy atom. The average Bonchev–Trinajstić information content (AvgIpc) is 3.22. The van der Waals surface area contributed by atoms with Crippen LogP contribution < -0.4 is 33.8 Å². The van der Waals surface area contributed by atoms with Gasteiger partial charge in [-0.05, 0) is 39.0 Å². The summed E-state index contributed by atoms with van der Waals surface area (Å²) in [5.41, 5.74) is 1.68. The van der Waals surface area contributed by atoms with Gasteiger partial charge in [-0.2, -0.15) is 0 Å². The lowest BCUT2D eigenvalue weighted by atomic mass is 9.94. The summed E-state index contributed by atoms with van der Waals surface area (Å²) in [6, 6.07) is 9.99. The largest absolute Gasteiger partial charge is 0.493 e. The Labute approximate surface area is 224 Å². The van der Waals surface area contributed by atoms with Crippen LogP contribution in [0, 0.1) is 0 Å². The van der Waals surface area contributed by atoms with Crippen LogP contribution in [0.15, 0.2) is 57.5 Å². The molecule has 0 aliphatic carbocycles. The molecule has 0 spiro atoms. The van der Waals surface area contributed by atoms with E-state index in [2.05, 4.69) is 4.99 Å². The lowest BCUT2D eigenvalue weighted by Crippen LogP contribution is -2.40. The number of thiazole rings is 1. The van der Waals surface area contributed by atoms with Crippen molar-refractivity contribution in [2.75, 3.05) is 34.5 Å². The molecule has 0 amide bonds. The average molecular weight is 539 g/mol. The van der Waals surface area contributed by atoms with Crippen LogP contribution in [0.3, 0.4) is 0 Å². The van der Waals surface area contributed by atoms with Gasteiger partial charge in [0.05, 0.1) is 50.3 Å². The molecule has 0 N–H and O–H groups in total. The van der Waals surface area contributed by atoms with Gasteiger partial charge in [-0.15, -0.1) is 0 Å². The minimum atomic E-state index is -0.837. The van der Waals surface area contributed by atoms with E-state index in [9.17, 15) is 9.59 Å². The highest BCUT2D eigenvalue weighted by Crippen LogP contribution is 2.40. The highest BCUT2D eigenvalue weighted by Gasteiger charge is 2.36. The lowest BCUT2D eigenvalue weighted by molar-refractivity contribution is -0.139. The smallest absolute Gasteiger partial charge is 0.338 e. The third-order valence-electron chi connectivity index (χ3n) is 6.05. The van der Waals surface area contributed by atoms with Gasteiger partial charge in [-0.3, -0.25) is 9.36 Å². The molecule has 9 nitrogen and oxygen atoms in total. The maximum atomic E-state index is 14.0. The Bertz CT molecular complexity index is 1570. The van der Waals surface area contributed by atoms with Gasteiger partial charge in [-0.1, -0.05) is 35.6 Å². The van der Waals surface area contributed by atoms with Gasteiger partial charge in [-0.25, -0.2) is 9.79 Å². The van der Waals surface area contributed by atoms with E-state index >= 15 is 0 Å². The molecular formula is C28H30N2O7S. The van der Waals surface area contributed by atoms with Crippen LogP contribution in [0.1, 0.15) is 37.9 Å². The number of fused-ring (bicyclic) bond motifs is 1. The van der Waals surface area contributed by atoms with Gasteiger partial charge in [0, 0.05) is 11.1 Å². The van der Waals surface area contributed by atoms with Crippen molar-refractivity contribution in [3.63, 3.8) is 0 Å². The lowest BCUT2D eigenvalue weighted by Gasteiger charge is -2.26. The molecule has 1 aliphatic heterocycles. The Balaban J connectivity index is 2.03. The van der Waals surface area contributed by atoms with E-state index in [1.165, 1.54) is 15.9 Å². The maximum absolute atomic E-state index is 14.0.